The van der Waals surface area contributed by atoms with Gasteiger partial charge in [0.15, 0.2) is 0 Å². The van der Waals surface area contributed by atoms with Crippen LogP contribution in [0.25, 0.3) is 0 Å². The van der Waals surface area contributed by atoms with E-state index in [0.29, 0.717) is 17.3 Å². The Balaban J connectivity index is 1.91. The van der Waals surface area contributed by atoms with Crippen LogP contribution in [0.4, 0.5) is 0 Å². The van der Waals surface area contributed by atoms with E-state index in [-0.39, 0.29) is 13.2 Å². The molecule has 0 unspecified atom stereocenters. The minimum atomic E-state index is -3.54. The first-order chi connectivity index (χ1) is 11.4. The third-order valence-electron chi connectivity index (χ3n) is 3.41. The normalized spacial score (nSPS) is 11.3. The van der Waals surface area contributed by atoms with Crippen LogP contribution in [0.1, 0.15) is 18.1 Å². The first-order valence-corrected chi connectivity index (χ1v) is 9.33. The minimum absolute atomic E-state index is 0.189. The van der Waals surface area contributed by atoms with E-state index in [4.69, 9.17) is 9.47 Å². The molecule has 0 bridgehead atoms. The predicted octanol–water partition coefficient (Wildman–Crippen LogP) is 3.06. The number of hydrogen-bond donors (Lipinski definition) is 1. The Morgan fingerprint density at radius 3 is 2.42 bits per heavy atom. The van der Waals surface area contributed by atoms with Gasteiger partial charge in [-0.1, -0.05) is 18.2 Å². The molecule has 0 aromatic heterocycles. The van der Waals surface area contributed by atoms with Crippen molar-refractivity contribution < 1.29 is 17.9 Å². The minimum Gasteiger partial charge on any atom is -0.494 e. The standard InChI is InChI=1S/C18H23NO4S/c1-4-22-16-6-5-7-17(13-16)23-11-10-19-24(20,21)18-12-14(2)8-9-15(18)3/h5-9,12-13,19H,4,10-11H2,1-3H3. The summed E-state index contributed by atoms with van der Waals surface area (Å²) in [4.78, 5) is 0.306. The molecule has 0 spiro atoms. The van der Waals surface area contributed by atoms with E-state index in [1.54, 1.807) is 25.1 Å². The maximum absolute atomic E-state index is 12.4. The SMILES string of the molecule is CCOc1cccc(OCCNS(=O)(=O)c2cc(C)ccc2C)c1. The van der Waals surface area contributed by atoms with Crippen LogP contribution in [-0.4, -0.2) is 28.2 Å². The van der Waals surface area contributed by atoms with E-state index >= 15 is 0 Å². The summed E-state index contributed by atoms with van der Waals surface area (Å²) in [5.74, 6) is 1.37. The maximum atomic E-state index is 12.4. The topological polar surface area (TPSA) is 64.6 Å². The van der Waals surface area contributed by atoms with Crippen molar-refractivity contribution in [2.45, 2.75) is 25.7 Å². The van der Waals surface area contributed by atoms with Gasteiger partial charge in [-0.2, -0.15) is 0 Å². The number of nitrogens with one attached hydrogen (secondary N) is 1. The zero-order chi connectivity index (χ0) is 17.6. The van der Waals surface area contributed by atoms with E-state index in [9.17, 15) is 8.42 Å². The Hall–Kier alpha value is -2.05. The molecule has 0 aliphatic rings. The van der Waals surface area contributed by atoms with Crippen LogP contribution in [0.2, 0.25) is 0 Å². The van der Waals surface area contributed by atoms with Gasteiger partial charge >= 0.3 is 0 Å². The van der Waals surface area contributed by atoms with Gasteiger partial charge < -0.3 is 9.47 Å². The molecular weight excluding hydrogens is 326 g/mol. The Morgan fingerprint density at radius 2 is 1.71 bits per heavy atom. The molecule has 130 valence electrons. The molecule has 2 aromatic carbocycles. The number of aryl methyl sites for hydroxylation is 2. The average Bonchev–Trinajstić information content (AvgIpc) is 2.54. The molecule has 1 N–H and O–H groups in total. The van der Waals surface area contributed by atoms with Crippen molar-refractivity contribution in [2.75, 3.05) is 19.8 Å². The summed E-state index contributed by atoms with van der Waals surface area (Å²) < 4.78 is 38.3. The second-order valence-corrected chi connectivity index (χ2v) is 7.16. The summed E-state index contributed by atoms with van der Waals surface area (Å²) in [6, 6.07) is 12.6. The first kappa shape index (κ1) is 18.3. The van der Waals surface area contributed by atoms with Crippen molar-refractivity contribution in [3.05, 3.63) is 53.6 Å². The molecule has 0 heterocycles. The predicted molar refractivity (Wildman–Crippen MR) is 94.2 cm³/mol. The van der Waals surface area contributed by atoms with Gasteiger partial charge in [0.2, 0.25) is 10.0 Å². The number of hydrogen-bond acceptors (Lipinski definition) is 4. The lowest BCUT2D eigenvalue weighted by Crippen LogP contribution is -2.28. The molecule has 24 heavy (non-hydrogen) atoms. The van der Waals surface area contributed by atoms with Gasteiger partial charge in [0.25, 0.3) is 0 Å². The van der Waals surface area contributed by atoms with Gasteiger partial charge in [-0.3, -0.25) is 0 Å². The molecule has 0 atom stereocenters. The molecule has 0 saturated carbocycles. The highest BCUT2D eigenvalue weighted by atomic mass is 32.2. The average molecular weight is 349 g/mol. The lowest BCUT2D eigenvalue weighted by Gasteiger charge is -2.11. The molecule has 2 rings (SSSR count). The number of sulfonamides is 1. The number of ether oxygens (including phenoxy) is 2. The fourth-order valence-electron chi connectivity index (χ4n) is 2.24. The molecule has 5 nitrogen and oxygen atoms in total. The second kappa shape index (κ2) is 8.17. The fraction of sp³-hybridized carbons (Fsp3) is 0.333. The summed E-state index contributed by atoms with van der Waals surface area (Å²) in [5, 5.41) is 0. The van der Waals surface area contributed by atoms with Gasteiger partial charge in [0.1, 0.15) is 18.1 Å². The molecule has 0 aliphatic carbocycles. The van der Waals surface area contributed by atoms with Crippen LogP contribution in [0, 0.1) is 13.8 Å². The Morgan fingerprint density at radius 1 is 1.00 bits per heavy atom. The second-order valence-electron chi connectivity index (χ2n) is 5.42. The fourth-order valence-corrected chi connectivity index (χ4v) is 3.58. The maximum Gasteiger partial charge on any atom is 0.240 e. The van der Waals surface area contributed by atoms with E-state index in [0.717, 1.165) is 16.9 Å². The Bertz CT molecular complexity index is 787. The Labute approximate surface area is 143 Å². The third kappa shape index (κ3) is 4.97. The molecule has 6 heteroatoms. The lowest BCUT2D eigenvalue weighted by molar-refractivity contribution is 0.313. The summed E-state index contributed by atoms with van der Waals surface area (Å²) in [5.41, 5.74) is 1.63. The van der Waals surface area contributed by atoms with Crippen molar-refractivity contribution in [1.82, 2.24) is 4.72 Å². The van der Waals surface area contributed by atoms with Gasteiger partial charge in [0, 0.05) is 12.6 Å². The van der Waals surface area contributed by atoms with Gasteiger partial charge in [-0.25, -0.2) is 13.1 Å². The smallest absolute Gasteiger partial charge is 0.240 e. The molecule has 0 aliphatic heterocycles. The lowest BCUT2D eigenvalue weighted by atomic mass is 10.2. The molecule has 0 fully saturated rings. The van der Waals surface area contributed by atoms with Crippen molar-refractivity contribution in [1.29, 1.82) is 0 Å². The van der Waals surface area contributed by atoms with Crippen molar-refractivity contribution >= 4 is 10.0 Å². The molecule has 0 radical (unpaired) electrons. The zero-order valence-corrected chi connectivity index (χ0v) is 15.0. The summed E-state index contributed by atoms with van der Waals surface area (Å²) in [6.45, 7) is 6.57. The van der Waals surface area contributed by atoms with Crippen LogP contribution in [0.5, 0.6) is 11.5 Å². The molecular formula is C18H23NO4S. The van der Waals surface area contributed by atoms with Crippen LogP contribution >= 0.6 is 0 Å². The Kier molecular flexibility index (Phi) is 6.23. The van der Waals surface area contributed by atoms with Crippen molar-refractivity contribution in [2.24, 2.45) is 0 Å². The van der Waals surface area contributed by atoms with E-state index in [1.165, 1.54) is 0 Å². The number of benzene rings is 2. The van der Waals surface area contributed by atoms with E-state index in [2.05, 4.69) is 4.72 Å². The van der Waals surface area contributed by atoms with Gasteiger partial charge in [0.05, 0.1) is 11.5 Å². The van der Waals surface area contributed by atoms with Crippen molar-refractivity contribution in [3.8, 4) is 11.5 Å². The van der Waals surface area contributed by atoms with Gasteiger partial charge in [-0.15, -0.1) is 0 Å². The molecule has 0 saturated heterocycles. The quantitative estimate of drug-likeness (QED) is 0.744. The monoisotopic (exact) mass is 349 g/mol. The van der Waals surface area contributed by atoms with Crippen molar-refractivity contribution in [3.63, 3.8) is 0 Å². The highest BCUT2D eigenvalue weighted by molar-refractivity contribution is 7.89. The summed E-state index contributed by atoms with van der Waals surface area (Å²) in [6.07, 6.45) is 0. The number of rotatable bonds is 8. The van der Waals surface area contributed by atoms with E-state index in [1.807, 2.05) is 38.1 Å². The zero-order valence-electron chi connectivity index (χ0n) is 14.2. The van der Waals surface area contributed by atoms with Gasteiger partial charge in [-0.05, 0) is 50.1 Å². The van der Waals surface area contributed by atoms with Crippen LogP contribution in [0.3, 0.4) is 0 Å². The van der Waals surface area contributed by atoms with Crippen LogP contribution < -0.4 is 14.2 Å². The largest absolute Gasteiger partial charge is 0.494 e. The molecule has 2 aromatic rings. The highest BCUT2D eigenvalue weighted by Gasteiger charge is 2.16. The summed E-state index contributed by atoms with van der Waals surface area (Å²) >= 11 is 0. The van der Waals surface area contributed by atoms with Crippen LogP contribution in [0.15, 0.2) is 47.4 Å². The van der Waals surface area contributed by atoms with E-state index < -0.39 is 10.0 Å². The summed E-state index contributed by atoms with van der Waals surface area (Å²) in [7, 11) is -3.54. The molecule has 0 amide bonds. The first-order valence-electron chi connectivity index (χ1n) is 7.85. The van der Waals surface area contributed by atoms with Crippen LogP contribution in [-0.2, 0) is 10.0 Å². The third-order valence-corrected chi connectivity index (χ3v) is 5.02. The highest BCUT2D eigenvalue weighted by Crippen LogP contribution is 2.19.